The lowest BCUT2D eigenvalue weighted by Gasteiger charge is -2.42. The van der Waals surface area contributed by atoms with Crippen molar-refractivity contribution in [1.29, 1.82) is 0 Å². The molecule has 2 nitrogen and oxygen atoms in total. The standard InChI is InChI=1S/C14H19F2N2.BrH/c15-13-4-3-12(11-14(13)16)17-5-9-18(10-6-17)7-1-2-8-18;/h3-4,11H,1-2,5-10H2;1H/q+1;. The second-order valence-electron chi connectivity index (χ2n) is 5.53. The molecule has 0 bridgehead atoms. The van der Waals surface area contributed by atoms with Gasteiger partial charge in [-0.25, -0.2) is 8.78 Å². The van der Waals surface area contributed by atoms with Crippen LogP contribution in [0, 0.1) is 11.6 Å². The number of rotatable bonds is 1. The first-order valence-corrected chi connectivity index (χ1v) is 6.74. The molecular weight excluding hydrogens is 314 g/mol. The molecule has 0 amide bonds. The summed E-state index contributed by atoms with van der Waals surface area (Å²) in [6.07, 6.45) is 2.68. The van der Waals surface area contributed by atoms with E-state index < -0.39 is 11.6 Å². The van der Waals surface area contributed by atoms with Gasteiger partial charge in [-0.2, -0.15) is 0 Å². The topological polar surface area (TPSA) is 3.24 Å². The maximum atomic E-state index is 13.2. The van der Waals surface area contributed by atoms with Gasteiger partial charge in [0, 0.05) is 24.6 Å². The Hall–Kier alpha value is -0.680. The van der Waals surface area contributed by atoms with Crippen LogP contribution in [0.3, 0.4) is 0 Å². The molecule has 1 aromatic carbocycles. The van der Waals surface area contributed by atoms with Gasteiger partial charge >= 0.3 is 0 Å². The van der Waals surface area contributed by atoms with Gasteiger partial charge in [-0.15, -0.1) is 17.0 Å². The summed E-state index contributed by atoms with van der Waals surface area (Å²) in [5, 5.41) is 0. The van der Waals surface area contributed by atoms with Gasteiger partial charge in [0.15, 0.2) is 11.6 Å². The van der Waals surface area contributed by atoms with E-state index in [1.165, 1.54) is 42.5 Å². The molecule has 5 heteroatoms. The van der Waals surface area contributed by atoms with Crippen molar-refractivity contribution in [3.63, 3.8) is 0 Å². The highest BCUT2D eigenvalue weighted by atomic mass is 79.9. The van der Waals surface area contributed by atoms with Crippen molar-refractivity contribution >= 4 is 22.7 Å². The third-order valence-electron chi connectivity index (χ3n) is 4.47. The summed E-state index contributed by atoms with van der Waals surface area (Å²) in [5.74, 6) is -1.51. The van der Waals surface area contributed by atoms with Gasteiger partial charge in [-0.1, -0.05) is 0 Å². The van der Waals surface area contributed by atoms with Crippen LogP contribution >= 0.6 is 17.0 Å². The van der Waals surface area contributed by atoms with Crippen molar-refractivity contribution in [3.05, 3.63) is 29.8 Å². The molecule has 3 rings (SSSR count). The number of benzene rings is 1. The molecule has 0 aromatic heterocycles. The van der Waals surface area contributed by atoms with Gasteiger partial charge in [0.05, 0.1) is 39.3 Å². The van der Waals surface area contributed by atoms with Crippen molar-refractivity contribution in [2.24, 2.45) is 0 Å². The summed E-state index contributed by atoms with van der Waals surface area (Å²) in [7, 11) is 0. The number of quaternary nitrogens is 1. The molecule has 1 spiro atoms. The average Bonchev–Trinajstić information content (AvgIpc) is 2.82. The van der Waals surface area contributed by atoms with Crippen LogP contribution in [0.25, 0.3) is 0 Å². The zero-order chi connectivity index (χ0) is 12.6. The van der Waals surface area contributed by atoms with Crippen molar-refractivity contribution < 1.29 is 13.3 Å². The highest BCUT2D eigenvalue weighted by Gasteiger charge is 2.35. The number of hydrogen-bond donors (Lipinski definition) is 0. The van der Waals surface area contributed by atoms with Gasteiger partial charge in [-0.3, -0.25) is 0 Å². The third kappa shape index (κ3) is 2.92. The molecule has 2 aliphatic rings. The Kier molecular flexibility index (Phi) is 4.46. The van der Waals surface area contributed by atoms with E-state index in [9.17, 15) is 8.78 Å². The summed E-state index contributed by atoms with van der Waals surface area (Å²) >= 11 is 0. The zero-order valence-corrected chi connectivity index (χ0v) is 12.7. The van der Waals surface area contributed by atoms with E-state index in [1.807, 2.05) is 0 Å². The first-order chi connectivity index (χ1) is 8.69. The minimum atomic E-state index is -0.765. The van der Waals surface area contributed by atoms with Gasteiger partial charge in [0.25, 0.3) is 0 Å². The number of anilines is 1. The predicted molar refractivity (Wildman–Crippen MR) is 77.9 cm³/mol. The van der Waals surface area contributed by atoms with Crippen LogP contribution in [-0.4, -0.2) is 43.8 Å². The van der Waals surface area contributed by atoms with E-state index in [2.05, 4.69) is 4.90 Å². The SMILES string of the molecule is Br.Fc1ccc(N2CC[N+]3(CCCC3)CC2)cc1F. The minimum Gasteiger partial charge on any atom is -0.360 e. The van der Waals surface area contributed by atoms with E-state index in [-0.39, 0.29) is 17.0 Å². The molecule has 0 N–H and O–H groups in total. The Morgan fingerprint density at radius 3 is 2.11 bits per heavy atom. The van der Waals surface area contributed by atoms with Crippen molar-refractivity contribution in [3.8, 4) is 0 Å². The van der Waals surface area contributed by atoms with Crippen molar-refractivity contribution in [1.82, 2.24) is 0 Å². The highest BCUT2D eigenvalue weighted by molar-refractivity contribution is 8.93. The number of nitrogens with zero attached hydrogens (tertiary/aromatic N) is 2. The van der Waals surface area contributed by atoms with Gasteiger partial charge in [0.2, 0.25) is 0 Å². The summed E-state index contributed by atoms with van der Waals surface area (Å²) < 4.78 is 27.4. The Morgan fingerprint density at radius 2 is 1.53 bits per heavy atom. The summed E-state index contributed by atoms with van der Waals surface area (Å²) in [4.78, 5) is 2.17. The van der Waals surface area contributed by atoms with Crippen LogP contribution in [0.15, 0.2) is 18.2 Å². The quantitative estimate of drug-likeness (QED) is 0.714. The third-order valence-corrected chi connectivity index (χ3v) is 4.47. The second kappa shape index (κ2) is 5.75. The zero-order valence-electron chi connectivity index (χ0n) is 10.9. The first kappa shape index (κ1) is 14.7. The van der Waals surface area contributed by atoms with Crippen LogP contribution in [0.5, 0.6) is 0 Å². The minimum absolute atomic E-state index is 0. The van der Waals surface area contributed by atoms with Crippen LogP contribution < -0.4 is 4.90 Å². The van der Waals surface area contributed by atoms with E-state index >= 15 is 0 Å². The molecule has 106 valence electrons. The van der Waals surface area contributed by atoms with Crippen molar-refractivity contribution in [2.45, 2.75) is 12.8 Å². The van der Waals surface area contributed by atoms with Gasteiger partial charge in [-0.05, 0) is 12.1 Å². The molecule has 0 atom stereocenters. The number of piperazine rings is 1. The monoisotopic (exact) mass is 333 g/mol. The molecule has 0 aliphatic carbocycles. The van der Waals surface area contributed by atoms with E-state index in [1.54, 1.807) is 6.07 Å². The summed E-state index contributed by atoms with van der Waals surface area (Å²) in [5.41, 5.74) is 0.811. The lowest BCUT2D eigenvalue weighted by molar-refractivity contribution is -0.917. The smallest absolute Gasteiger partial charge is 0.160 e. The summed E-state index contributed by atoms with van der Waals surface area (Å²) in [6.45, 7) is 6.77. The van der Waals surface area contributed by atoms with E-state index in [0.29, 0.717) is 0 Å². The first-order valence-electron chi connectivity index (χ1n) is 6.74. The van der Waals surface area contributed by atoms with Crippen molar-refractivity contribution in [2.75, 3.05) is 44.2 Å². The normalized spacial score (nSPS) is 21.5. The molecule has 0 saturated carbocycles. The number of halogens is 3. The molecule has 2 aliphatic heterocycles. The van der Waals surface area contributed by atoms with E-state index in [4.69, 9.17) is 0 Å². The van der Waals surface area contributed by atoms with Gasteiger partial charge < -0.3 is 9.38 Å². The Bertz CT molecular complexity index is 437. The Morgan fingerprint density at radius 1 is 0.895 bits per heavy atom. The maximum Gasteiger partial charge on any atom is 0.160 e. The predicted octanol–water partition coefficient (Wildman–Crippen LogP) is 2.97. The molecule has 2 saturated heterocycles. The lowest BCUT2D eigenvalue weighted by Crippen LogP contribution is -2.58. The molecule has 2 heterocycles. The van der Waals surface area contributed by atoms with Crippen LogP contribution in [0.2, 0.25) is 0 Å². The lowest BCUT2D eigenvalue weighted by atomic mass is 10.2. The fourth-order valence-corrected chi connectivity index (χ4v) is 3.28. The number of hydrogen-bond acceptors (Lipinski definition) is 1. The molecular formula is C14H20BrF2N2+. The van der Waals surface area contributed by atoms with Crippen LogP contribution in [0.1, 0.15) is 12.8 Å². The second-order valence-corrected chi connectivity index (χ2v) is 5.53. The fraction of sp³-hybridized carbons (Fsp3) is 0.571. The Labute approximate surface area is 123 Å². The molecule has 0 unspecified atom stereocenters. The fourth-order valence-electron chi connectivity index (χ4n) is 3.28. The molecule has 2 fully saturated rings. The van der Waals surface area contributed by atoms with Crippen LogP contribution in [-0.2, 0) is 0 Å². The van der Waals surface area contributed by atoms with E-state index in [0.717, 1.165) is 31.9 Å². The largest absolute Gasteiger partial charge is 0.360 e. The molecule has 19 heavy (non-hydrogen) atoms. The van der Waals surface area contributed by atoms with Crippen LogP contribution in [0.4, 0.5) is 14.5 Å². The maximum absolute atomic E-state index is 13.2. The average molecular weight is 334 g/mol. The Balaban J connectivity index is 0.00000133. The highest BCUT2D eigenvalue weighted by Crippen LogP contribution is 2.25. The molecule has 0 radical (unpaired) electrons. The summed E-state index contributed by atoms with van der Waals surface area (Å²) in [6, 6.07) is 4.21. The molecule has 1 aromatic rings. The van der Waals surface area contributed by atoms with Gasteiger partial charge in [0.1, 0.15) is 0 Å².